The summed E-state index contributed by atoms with van der Waals surface area (Å²) in [6.45, 7) is 6.03. The fourth-order valence-corrected chi connectivity index (χ4v) is 2.93. The van der Waals surface area contributed by atoms with Gasteiger partial charge in [-0.3, -0.25) is 4.90 Å². The minimum absolute atomic E-state index is 0. The zero-order chi connectivity index (χ0) is 18.2. The molecular weight excluding hydrogens is 369 g/mol. The molecule has 1 saturated heterocycles. The van der Waals surface area contributed by atoms with Crippen molar-refractivity contribution in [2.75, 3.05) is 26.7 Å². The van der Waals surface area contributed by atoms with E-state index in [0.717, 1.165) is 25.2 Å². The highest BCUT2D eigenvalue weighted by molar-refractivity contribution is 5.85. The van der Waals surface area contributed by atoms with Crippen LogP contribution in [0.5, 0.6) is 0 Å². The van der Waals surface area contributed by atoms with Crippen LogP contribution in [-0.4, -0.2) is 41.7 Å². The summed E-state index contributed by atoms with van der Waals surface area (Å²) >= 11 is 0. The highest BCUT2D eigenvalue weighted by Crippen LogP contribution is 2.35. The molecule has 1 aromatic carbocycles. The van der Waals surface area contributed by atoms with Crippen molar-refractivity contribution in [2.24, 2.45) is 0 Å². The highest BCUT2D eigenvalue weighted by atomic mass is 35.5. The average Bonchev–Trinajstić information content (AvgIpc) is 3.05. The molecule has 1 aliphatic heterocycles. The van der Waals surface area contributed by atoms with Gasteiger partial charge in [-0.2, -0.15) is 18.2 Å². The molecule has 0 saturated carbocycles. The van der Waals surface area contributed by atoms with Crippen LogP contribution in [0.15, 0.2) is 28.8 Å². The predicted octanol–water partition coefficient (Wildman–Crippen LogP) is 3.41. The minimum atomic E-state index is -4.39. The van der Waals surface area contributed by atoms with E-state index in [-0.39, 0.29) is 18.4 Å². The Kier molecular flexibility index (Phi) is 5.99. The van der Waals surface area contributed by atoms with Crippen LogP contribution in [0.4, 0.5) is 13.2 Å². The fraction of sp³-hybridized carbons (Fsp3) is 0.529. The maximum atomic E-state index is 13.0. The zero-order valence-electron chi connectivity index (χ0n) is 14.8. The Balaban J connectivity index is 0.00000243. The van der Waals surface area contributed by atoms with E-state index in [1.807, 2.05) is 7.05 Å². The normalized spacial score (nSPS) is 19.2. The molecule has 1 unspecified atom stereocenters. The van der Waals surface area contributed by atoms with E-state index in [2.05, 4.69) is 20.4 Å². The van der Waals surface area contributed by atoms with Crippen molar-refractivity contribution in [3.8, 4) is 0 Å². The number of hydrogen-bond donors (Lipinski definition) is 1. The summed E-state index contributed by atoms with van der Waals surface area (Å²) < 4.78 is 44.4. The van der Waals surface area contributed by atoms with Crippen LogP contribution < -0.4 is 5.32 Å². The molecule has 1 N–H and O–H groups in total. The Bertz CT molecular complexity index is 748. The molecule has 1 atom stereocenters. The fourth-order valence-electron chi connectivity index (χ4n) is 2.93. The molecule has 2 heterocycles. The van der Waals surface area contributed by atoms with Crippen LogP contribution >= 0.6 is 12.4 Å². The zero-order valence-corrected chi connectivity index (χ0v) is 15.6. The second-order valence-corrected chi connectivity index (χ2v) is 6.86. The molecule has 1 aromatic heterocycles. The number of nitrogens with zero attached hydrogens (tertiary/aromatic N) is 3. The van der Waals surface area contributed by atoms with E-state index in [9.17, 15) is 13.2 Å². The molecule has 144 valence electrons. The van der Waals surface area contributed by atoms with Gasteiger partial charge in [0.25, 0.3) is 0 Å². The maximum Gasteiger partial charge on any atom is 0.416 e. The molecule has 0 amide bonds. The summed E-state index contributed by atoms with van der Waals surface area (Å²) in [4.78, 5) is 6.61. The van der Waals surface area contributed by atoms with E-state index < -0.39 is 17.2 Å². The third-order valence-corrected chi connectivity index (χ3v) is 4.70. The molecule has 9 heteroatoms. The van der Waals surface area contributed by atoms with Gasteiger partial charge in [-0.15, -0.1) is 12.4 Å². The van der Waals surface area contributed by atoms with E-state index in [0.29, 0.717) is 23.8 Å². The Labute approximate surface area is 156 Å². The van der Waals surface area contributed by atoms with Crippen molar-refractivity contribution >= 4 is 12.4 Å². The van der Waals surface area contributed by atoms with Gasteiger partial charge >= 0.3 is 6.18 Å². The van der Waals surface area contributed by atoms with E-state index in [4.69, 9.17) is 4.52 Å². The summed E-state index contributed by atoms with van der Waals surface area (Å²) in [5.74, 6) is 0.852. The lowest BCUT2D eigenvalue weighted by Crippen LogP contribution is -2.44. The van der Waals surface area contributed by atoms with Gasteiger partial charge in [0.1, 0.15) is 0 Å². The van der Waals surface area contributed by atoms with Crippen LogP contribution in [0.25, 0.3) is 0 Å². The summed E-state index contributed by atoms with van der Waals surface area (Å²) in [6, 6.07) is 5.23. The molecule has 0 aliphatic carbocycles. The Morgan fingerprint density at radius 2 is 1.92 bits per heavy atom. The summed E-state index contributed by atoms with van der Waals surface area (Å²) in [5.41, 5.74) is -1.03. The van der Waals surface area contributed by atoms with Crippen LogP contribution in [0.2, 0.25) is 0 Å². The van der Waals surface area contributed by atoms with Crippen LogP contribution in [0.3, 0.4) is 0 Å². The van der Waals surface area contributed by atoms with E-state index in [1.165, 1.54) is 6.07 Å². The van der Waals surface area contributed by atoms with Crippen LogP contribution in [0.1, 0.15) is 42.7 Å². The van der Waals surface area contributed by atoms with Gasteiger partial charge in [-0.1, -0.05) is 23.4 Å². The first-order valence-corrected chi connectivity index (χ1v) is 8.12. The molecular formula is C17H22ClF3N4O. The molecule has 0 spiro atoms. The van der Waals surface area contributed by atoms with Crippen molar-refractivity contribution in [3.05, 3.63) is 47.1 Å². The number of hydrogen-bond acceptors (Lipinski definition) is 5. The average molecular weight is 391 g/mol. The minimum Gasteiger partial charge on any atom is -0.338 e. The topological polar surface area (TPSA) is 54.2 Å². The van der Waals surface area contributed by atoms with Gasteiger partial charge in [-0.05, 0) is 32.5 Å². The first-order valence-electron chi connectivity index (χ1n) is 8.12. The number of alkyl halides is 3. The second kappa shape index (κ2) is 7.54. The molecule has 0 bridgehead atoms. The molecule has 26 heavy (non-hydrogen) atoms. The number of likely N-dealkylation sites (N-methyl/N-ethyl adjacent to an activating group) is 1. The smallest absolute Gasteiger partial charge is 0.338 e. The maximum absolute atomic E-state index is 13.0. The third-order valence-electron chi connectivity index (χ3n) is 4.70. The molecule has 0 radical (unpaired) electrons. The predicted molar refractivity (Wildman–Crippen MR) is 93.4 cm³/mol. The highest BCUT2D eigenvalue weighted by Gasteiger charge is 2.36. The molecule has 2 aromatic rings. The lowest BCUT2D eigenvalue weighted by atomic mass is 9.83. The van der Waals surface area contributed by atoms with Crippen molar-refractivity contribution in [1.82, 2.24) is 20.4 Å². The number of benzene rings is 1. The van der Waals surface area contributed by atoms with E-state index >= 15 is 0 Å². The van der Waals surface area contributed by atoms with Gasteiger partial charge < -0.3 is 9.84 Å². The Hall–Kier alpha value is -1.64. The van der Waals surface area contributed by atoms with Crippen LogP contribution in [-0.2, 0) is 11.6 Å². The largest absolute Gasteiger partial charge is 0.416 e. The Morgan fingerprint density at radius 3 is 2.58 bits per heavy atom. The van der Waals surface area contributed by atoms with Crippen molar-refractivity contribution in [2.45, 2.75) is 31.5 Å². The monoisotopic (exact) mass is 390 g/mol. The van der Waals surface area contributed by atoms with Gasteiger partial charge in [0.05, 0.1) is 17.0 Å². The summed E-state index contributed by atoms with van der Waals surface area (Å²) in [6.07, 6.45) is -4.39. The van der Waals surface area contributed by atoms with Gasteiger partial charge in [0.2, 0.25) is 5.89 Å². The lowest BCUT2D eigenvalue weighted by Gasteiger charge is -2.30. The Morgan fingerprint density at radius 1 is 1.23 bits per heavy atom. The number of piperazine rings is 1. The quantitative estimate of drug-likeness (QED) is 0.870. The summed E-state index contributed by atoms with van der Waals surface area (Å²) in [7, 11) is 1.99. The van der Waals surface area contributed by atoms with Crippen LogP contribution in [0, 0.1) is 0 Å². The van der Waals surface area contributed by atoms with Crippen molar-refractivity contribution in [3.63, 3.8) is 0 Å². The first kappa shape index (κ1) is 20.7. The third kappa shape index (κ3) is 4.02. The number of nitrogens with one attached hydrogen (secondary N) is 1. The number of rotatable bonds is 3. The standard InChI is InChI=1S/C17H21F3N4O.ClH/c1-16(2,11-5-4-6-12(9-11)17(18,19)20)15-22-14(23-25-15)13-10-21-7-8-24(13)3;/h4-6,9,13,21H,7-8,10H2,1-3H3;1H. The molecule has 5 nitrogen and oxygen atoms in total. The number of aromatic nitrogens is 2. The SMILES string of the molecule is CN1CCNCC1c1noc(C(C)(C)c2cccc(C(F)(F)F)c2)n1.Cl. The van der Waals surface area contributed by atoms with Gasteiger partial charge in [0.15, 0.2) is 5.82 Å². The van der Waals surface area contributed by atoms with Gasteiger partial charge in [-0.25, -0.2) is 0 Å². The van der Waals surface area contributed by atoms with E-state index in [1.54, 1.807) is 19.9 Å². The van der Waals surface area contributed by atoms with Gasteiger partial charge in [0, 0.05) is 19.6 Å². The molecule has 1 aliphatic rings. The molecule has 1 fully saturated rings. The summed E-state index contributed by atoms with van der Waals surface area (Å²) in [5, 5.41) is 7.34. The van der Waals surface area contributed by atoms with Crippen molar-refractivity contribution < 1.29 is 17.7 Å². The number of halogens is 4. The lowest BCUT2D eigenvalue weighted by molar-refractivity contribution is -0.137. The second-order valence-electron chi connectivity index (χ2n) is 6.86. The molecule has 3 rings (SSSR count). The van der Waals surface area contributed by atoms with Crippen molar-refractivity contribution in [1.29, 1.82) is 0 Å². The first-order chi connectivity index (χ1) is 11.7.